The third-order valence-electron chi connectivity index (χ3n) is 11.4. The minimum absolute atomic E-state index is 0.373. The maximum atomic E-state index is 10.4. The van der Waals surface area contributed by atoms with E-state index in [0.29, 0.717) is 5.82 Å². The number of nitrogens with zero attached hydrogens (tertiary/aromatic N) is 4. The molecule has 4 nitrogen and oxygen atoms in total. The van der Waals surface area contributed by atoms with Crippen molar-refractivity contribution in [2.75, 3.05) is 0 Å². The summed E-state index contributed by atoms with van der Waals surface area (Å²) in [4.78, 5) is 14.8. The van der Waals surface area contributed by atoms with E-state index in [4.69, 9.17) is 9.97 Å². The standard InChI is InChI=1S/C53H36N4/c1-53(2)47-30-38(23-24-46(47)50-45-18-10-9-16-39(45)26-44(32-54)51(50)53)41-27-42(40-17-11-25-55-33-40)29-43(28-41)49-31-48(56-52(57-49)37-14-7-4-8-15-37)36-21-19-35(20-22-36)34-12-5-3-6-13-34/h3-31,33H,1-2H3. The summed E-state index contributed by atoms with van der Waals surface area (Å²) in [6.07, 6.45) is 3.72. The van der Waals surface area contributed by atoms with Crippen molar-refractivity contribution in [1.82, 2.24) is 15.0 Å². The summed E-state index contributed by atoms with van der Waals surface area (Å²) in [5, 5.41) is 12.6. The number of nitriles is 1. The first-order chi connectivity index (χ1) is 27.9. The third kappa shape index (κ3) is 5.98. The molecule has 0 amide bonds. The molecule has 10 rings (SSSR count). The Bertz CT molecular complexity index is 3020. The molecule has 0 saturated heterocycles. The highest BCUT2D eigenvalue weighted by atomic mass is 14.9. The second kappa shape index (κ2) is 13.7. The van der Waals surface area contributed by atoms with Gasteiger partial charge in [-0.1, -0.05) is 141 Å². The number of rotatable bonds is 6. The maximum absolute atomic E-state index is 10.4. The summed E-state index contributed by atoms with van der Waals surface area (Å²) in [5.41, 5.74) is 16.2. The Morgan fingerprint density at radius 3 is 1.81 bits per heavy atom. The lowest BCUT2D eigenvalue weighted by atomic mass is 9.79. The SMILES string of the molecule is CC1(C)c2cc(-c3cc(-c4cccnc4)cc(-c4cc(-c5ccc(-c6ccccc6)cc5)nc(-c5ccccc5)n4)c3)ccc2-c2c1c(C#N)cc1ccccc21. The molecule has 2 aromatic heterocycles. The third-order valence-corrected chi connectivity index (χ3v) is 11.4. The number of aromatic nitrogens is 3. The minimum Gasteiger partial charge on any atom is -0.264 e. The van der Waals surface area contributed by atoms with Gasteiger partial charge in [0.25, 0.3) is 0 Å². The zero-order chi connectivity index (χ0) is 38.5. The predicted octanol–water partition coefficient (Wildman–Crippen LogP) is 13.2. The van der Waals surface area contributed by atoms with Crippen LogP contribution < -0.4 is 0 Å². The molecule has 0 fully saturated rings. The van der Waals surface area contributed by atoms with Crippen LogP contribution in [-0.4, -0.2) is 15.0 Å². The second-order valence-corrected chi connectivity index (χ2v) is 15.2. The number of fused-ring (bicyclic) bond motifs is 5. The highest BCUT2D eigenvalue weighted by Gasteiger charge is 2.39. The fourth-order valence-electron chi connectivity index (χ4n) is 8.52. The highest BCUT2D eigenvalue weighted by Crippen LogP contribution is 2.53. The van der Waals surface area contributed by atoms with Gasteiger partial charge in [0.1, 0.15) is 0 Å². The van der Waals surface area contributed by atoms with Gasteiger partial charge in [-0.3, -0.25) is 4.98 Å². The van der Waals surface area contributed by atoms with E-state index in [2.05, 4.69) is 152 Å². The summed E-state index contributed by atoms with van der Waals surface area (Å²) in [5.74, 6) is 0.668. The highest BCUT2D eigenvalue weighted by molar-refractivity contribution is 6.04. The van der Waals surface area contributed by atoms with E-state index < -0.39 is 0 Å². The van der Waals surface area contributed by atoms with Gasteiger partial charge in [-0.2, -0.15) is 5.26 Å². The van der Waals surface area contributed by atoms with Crippen LogP contribution in [0, 0.1) is 11.3 Å². The Balaban J connectivity index is 1.15. The molecule has 0 radical (unpaired) electrons. The van der Waals surface area contributed by atoms with E-state index in [0.717, 1.165) is 72.4 Å². The lowest BCUT2D eigenvalue weighted by molar-refractivity contribution is 0.659. The van der Waals surface area contributed by atoms with Crippen LogP contribution in [0.1, 0.15) is 30.5 Å². The van der Waals surface area contributed by atoms with Crippen LogP contribution in [0.15, 0.2) is 182 Å². The number of hydrogen-bond donors (Lipinski definition) is 0. The van der Waals surface area contributed by atoms with Crippen LogP contribution in [0.25, 0.3) is 89.2 Å². The van der Waals surface area contributed by atoms with E-state index in [1.165, 1.54) is 27.6 Å². The average Bonchev–Trinajstić information content (AvgIpc) is 3.52. The lowest BCUT2D eigenvalue weighted by Crippen LogP contribution is -2.16. The van der Waals surface area contributed by atoms with Gasteiger partial charge < -0.3 is 0 Å². The molecule has 1 aliphatic rings. The van der Waals surface area contributed by atoms with Crippen molar-refractivity contribution in [3.8, 4) is 84.5 Å². The van der Waals surface area contributed by atoms with Gasteiger partial charge in [0.2, 0.25) is 0 Å². The zero-order valence-electron chi connectivity index (χ0n) is 31.6. The Labute approximate surface area is 332 Å². The van der Waals surface area contributed by atoms with Crippen LogP contribution in [-0.2, 0) is 5.41 Å². The normalized spacial score (nSPS) is 12.5. The smallest absolute Gasteiger partial charge is 0.160 e. The Hall–Kier alpha value is -7.48. The molecular weight excluding hydrogens is 693 g/mol. The topological polar surface area (TPSA) is 62.5 Å². The molecule has 4 heteroatoms. The van der Waals surface area contributed by atoms with Gasteiger partial charge in [0.05, 0.1) is 23.0 Å². The van der Waals surface area contributed by atoms with Crippen LogP contribution >= 0.6 is 0 Å². The average molecular weight is 729 g/mol. The van der Waals surface area contributed by atoms with E-state index in [9.17, 15) is 5.26 Å². The minimum atomic E-state index is -0.373. The predicted molar refractivity (Wildman–Crippen MR) is 232 cm³/mol. The van der Waals surface area contributed by atoms with Gasteiger partial charge in [-0.05, 0) is 103 Å². The molecule has 57 heavy (non-hydrogen) atoms. The molecule has 0 N–H and O–H groups in total. The summed E-state index contributed by atoms with van der Waals surface area (Å²) >= 11 is 0. The Morgan fingerprint density at radius 1 is 0.491 bits per heavy atom. The van der Waals surface area contributed by atoms with Gasteiger partial charge in [0, 0.05) is 40.1 Å². The fraction of sp³-hybridized carbons (Fsp3) is 0.0566. The van der Waals surface area contributed by atoms with Gasteiger partial charge in [-0.15, -0.1) is 0 Å². The van der Waals surface area contributed by atoms with Gasteiger partial charge >= 0.3 is 0 Å². The summed E-state index contributed by atoms with van der Waals surface area (Å²) < 4.78 is 0. The summed E-state index contributed by atoms with van der Waals surface area (Å²) in [6, 6.07) is 61.9. The maximum Gasteiger partial charge on any atom is 0.160 e. The molecule has 2 heterocycles. The summed E-state index contributed by atoms with van der Waals surface area (Å²) in [6.45, 7) is 4.49. The van der Waals surface area contributed by atoms with Gasteiger partial charge in [0.15, 0.2) is 5.82 Å². The van der Waals surface area contributed by atoms with E-state index in [1.807, 2.05) is 48.7 Å². The van der Waals surface area contributed by atoms with Crippen molar-refractivity contribution >= 4 is 10.8 Å². The first-order valence-corrected chi connectivity index (χ1v) is 19.2. The fourth-order valence-corrected chi connectivity index (χ4v) is 8.52. The molecular formula is C53H36N4. The zero-order valence-corrected chi connectivity index (χ0v) is 31.6. The Morgan fingerprint density at radius 2 is 1.09 bits per heavy atom. The summed E-state index contributed by atoms with van der Waals surface area (Å²) in [7, 11) is 0. The van der Waals surface area contributed by atoms with Crippen molar-refractivity contribution in [3.63, 3.8) is 0 Å². The monoisotopic (exact) mass is 728 g/mol. The van der Waals surface area contributed by atoms with Gasteiger partial charge in [-0.25, -0.2) is 9.97 Å². The van der Waals surface area contributed by atoms with Crippen LogP contribution in [0.5, 0.6) is 0 Å². The quantitative estimate of drug-likeness (QED) is 0.171. The Kier molecular flexibility index (Phi) is 8.17. The molecule has 0 aliphatic heterocycles. The first kappa shape index (κ1) is 34.0. The van der Waals surface area contributed by atoms with Crippen LogP contribution in [0.4, 0.5) is 0 Å². The van der Waals surface area contributed by atoms with E-state index in [1.54, 1.807) is 6.20 Å². The molecule has 0 saturated carbocycles. The van der Waals surface area contributed by atoms with Crippen molar-refractivity contribution < 1.29 is 0 Å². The molecule has 0 spiro atoms. The number of hydrogen-bond acceptors (Lipinski definition) is 4. The van der Waals surface area contributed by atoms with E-state index >= 15 is 0 Å². The van der Waals surface area contributed by atoms with Crippen LogP contribution in [0.3, 0.4) is 0 Å². The van der Waals surface area contributed by atoms with Crippen LogP contribution in [0.2, 0.25) is 0 Å². The van der Waals surface area contributed by atoms with Crippen molar-refractivity contribution in [3.05, 3.63) is 199 Å². The van der Waals surface area contributed by atoms with E-state index in [-0.39, 0.29) is 5.41 Å². The lowest BCUT2D eigenvalue weighted by Gasteiger charge is -2.23. The first-order valence-electron chi connectivity index (χ1n) is 19.2. The molecule has 9 aromatic rings. The number of pyridine rings is 1. The largest absolute Gasteiger partial charge is 0.264 e. The van der Waals surface area contributed by atoms with Crippen molar-refractivity contribution in [2.24, 2.45) is 0 Å². The molecule has 1 aliphatic carbocycles. The molecule has 0 bridgehead atoms. The number of benzene rings is 7. The molecule has 0 unspecified atom stereocenters. The second-order valence-electron chi connectivity index (χ2n) is 15.2. The molecule has 0 atom stereocenters. The van der Waals surface area contributed by atoms with Crippen molar-refractivity contribution in [2.45, 2.75) is 19.3 Å². The van der Waals surface area contributed by atoms with Crippen molar-refractivity contribution in [1.29, 1.82) is 5.26 Å². The molecule has 268 valence electrons. The molecule has 7 aromatic carbocycles.